The van der Waals surface area contributed by atoms with E-state index in [2.05, 4.69) is 5.32 Å². The number of aliphatic carboxylic acids is 1. The fourth-order valence-corrected chi connectivity index (χ4v) is 2.84. The summed E-state index contributed by atoms with van der Waals surface area (Å²) in [7, 11) is 0. The van der Waals surface area contributed by atoms with Crippen LogP contribution in [0, 0.1) is 0 Å². The summed E-state index contributed by atoms with van der Waals surface area (Å²) < 4.78 is 0. The van der Waals surface area contributed by atoms with Gasteiger partial charge in [0.2, 0.25) is 0 Å². The standard InChI is InChI=1S/C10H11NO3S/c12-9(10(13)14)11-7-2-1-3-8-6(7)4-5-15-8/h4-5,7H,1-3H2,(H,11,12)(H,13,14). The Morgan fingerprint density at radius 3 is 3.07 bits per heavy atom. The average Bonchev–Trinajstić information content (AvgIpc) is 2.66. The number of carbonyl (C=O) groups is 2. The highest BCUT2D eigenvalue weighted by Gasteiger charge is 2.24. The van der Waals surface area contributed by atoms with Gasteiger partial charge in [-0.1, -0.05) is 0 Å². The maximum atomic E-state index is 11.0. The second kappa shape index (κ2) is 4.02. The molecule has 1 heterocycles. The van der Waals surface area contributed by atoms with E-state index in [1.54, 1.807) is 11.3 Å². The first-order valence-electron chi connectivity index (χ1n) is 4.78. The largest absolute Gasteiger partial charge is 0.474 e. The minimum atomic E-state index is -1.42. The molecule has 4 nitrogen and oxygen atoms in total. The van der Waals surface area contributed by atoms with Gasteiger partial charge in [0.05, 0.1) is 6.04 Å². The summed E-state index contributed by atoms with van der Waals surface area (Å²) in [6, 6.07) is 1.84. The molecule has 1 aliphatic carbocycles. The Morgan fingerprint density at radius 2 is 2.33 bits per heavy atom. The van der Waals surface area contributed by atoms with Gasteiger partial charge in [0.1, 0.15) is 0 Å². The lowest BCUT2D eigenvalue weighted by Gasteiger charge is -2.22. The summed E-state index contributed by atoms with van der Waals surface area (Å²) in [5, 5.41) is 13.0. The summed E-state index contributed by atoms with van der Waals surface area (Å²) in [6.07, 6.45) is 2.85. The topological polar surface area (TPSA) is 66.4 Å². The number of aryl methyl sites for hydroxylation is 1. The number of fused-ring (bicyclic) bond motifs is 1. The molecule has 15 heavy (non-hydrogen) atoms. The molecular weight excluding hydrogens is 214 g/mol. The van der Waals surface area contributed by atoms with E-state index in [0.29, 0.717) is 0 Å². The quantitative estimate of drug-likeness (QED) is 0.708. The molecule has 0 spiro atoms. The van der Waals surface area contributed by atoms with Crippen molar-refractivity contribution in [2.75, 3.05) is 0 Å². The van der Waals surface area contributed by atoms with Crippen molar-refractivity contribution < 1.29 is 14.7 Å². The zero-order valence-electron chi connectivity index (χ0n) is 8.03. The van der Waals surface area contributed by atoms with E-state index in [1.807, 2.05) is 11.4 Å². The van der Waals surface area contributed by atoms with Gasteiger partial charge in [-0.25, -0.2) is 4.79 Å². The predicted octanol–water partition coefficient (Wildman–Crippen LogP) is 1.33. The Hall–Kier alpha value is -1.36. The van der Waals surface area contributed by atoms with E-state index >= 15 is 0 Å². The number of carboxylic acids is 1. The molecule has 0 radical (unpaired) electrons. The smallest absolute Gasteiger partial charge is 0.394 e. The van der Waals surface area contributed by atoms with Crippen LogP contribution in [0.2, 0.25) is 0 Å². The summed E-state index contributed by atoms with van der Waals surface area (Å²) in [4.78, 5) is 22.7. The van der Waals surface area contributed by atoms with Gasteiger partial charge in [-0.3, -0.25) is 4.79 Å². The van der Waals surface area contributed by atoms with E-state index in [0.717, 1.165) is 24.8 Å². The first kappa shape index (κ1) is 10.2. The van der Waals surface area contributed by atoms with Gasteiger partial charge < -0.3 is 10.4 Å². The molecule has 5 heteroatoms. The lowest BCUT2D eigenvalue weighted by molar-refractivity contribution is -0.150. The van der Waals surface area contributed by atoms with Crippen LogP contribution < -0.4 is 5.32 Å². The van der Waals surface area contributed by atoms with E-state index < -0.39 is 11.9 Å². The van der Waals surface area contributed by atoms with Crippen molar-refractivity contribution in [2.45, 2.75) is 25.3 Å². The Kier molecular flexibility index (Phi) is 2.73. The highest BCUT2D eigenvalue weighted by molar-refractivity contribution is 7.10. The third-order valence-corrected chi connectivity index (χ3v) is 3.55. The van der Waals surface area contributed by atoms with Gasteiger partial charge in [-0.2, -0.15) is 0 Å². The molecular formula is C10H11NO3S. The van der Waals surface area contributed by atoms with Crippen molar-refractivity contribution in [1.29, 1.82) is 0 Å². The van der Waals surface area contributed by atoms with Gasteiger partial charge >= 0.3 is 11.9 Å². The number of amides is 1. The maximum absolute atomic E-state index is 11.0. The van der Waals surface area contributed by atoms with Crippen molar-refractivity contribution in [3.05, 3.63) is 21.9 Å². The highest BCUT2D eigenvalue weighted by Crippen LogP contribution is 2.33. The number of hydrogen-bond acceptors (Lipinski definition) is 3. The number of nitrogens with one attached hydrogen (secondary N) is 1. The minimum absolute atomic E-state index is 0.122. The fourth-order valence-electron chi connectivity index (χ4n) is 1.86. The van der Waals surface area contributed by atoms with Crippen LogP contribution in [0.15, 0.2) is 11.4 Å². The number of thiophene rings is 1. The van der Waals surface area contributed by atoms with Crippen LogP contribution in [0.5, 0.6) is 0 Å². The van der Waals surface area contributed by atoms with Crippen LogP contribution in [0.25, 0.3) is 0 Å². The number of rotatable bonds is 1. The highest BCUT2D eigenvalue weighted by atomic mass is 32.1. The summed E-state index contributed by atoms with van der Waals surface area (Å²) in [6.45, 7) is 0. The lowest BCUT2D eigenvalue weighted by atomic mass is 9.94. The molecule has 0 aliphatic heterocycles. The van der Waals surface area contributed by atoms with Crippen molar-refractivity contribution in [2.24, 2.45) is 0 Å². The monoisotopic (exact) mass is 225 g/mol. The first-order chi connectivity index (χ1) is 7.18. The van der Waals surface area contributed by atoms with Crippen molar-refractivity contribution in [3.8, 4) is 0 Å². The van der Waals surface area contributed by atoms with Gasteiger partial charge in [-0.15, -0.1) is 11.3 Å². The number of hydrogen-bond donors (Lipinski definition) is 2. The van der Waals surface area contributed by atoms with Crippen LogP contribution in [-0.2, 0) is 16.0 Å². The predicted molar refractivity (Wildman–Crippen MR) is 55.8 cm³/mol. The van der Waals surface area contributed by atoms with Gasteiger partial charge in [0, 0.05) is 4.88 Å². The molecule has 1 unspecified atom stereocenters. The molecule has 1 aromatic heterocycles. The molecule has 0 saturated heterocycles. The van der Waals surface area contributed by atoms with Crippen LogP contribution >= 0.6 is 11.3 Å². The zero-order chi connectivity index (χ0) is 10.8. The zero-order valence-corrected chi connectivity index (χ0v) is 8.84. The van der Waals surface area contributed by atoms with Gasteiger partial charge in [0.25, 0.3) is 0 Å². The molecule has 1 atom stereocenters. The molecule has 1 aromatic rings. The summed E-state index contributed by atoms with van der Waals surface area (Å²) in [5.41, 5.74) is 1.08. The number of carbonyl (C=O) groups excluding carboxylic acids is 1. The molecule has 2 N–H and O–H groups in total. The molecule has 0 bridgehead atoms. The van der Waals surface area contributed by atoms with Gasteiger partial charge in [-0.05, 0) is 36.3 Å². The van der Waals surface area contributed by atoms with E-state index in [4.69, 9.17) is 5.11 Å². The second-order valence-electron chi connectivity index (χ2n) is 3.52. The van der Waals surface area contributed by atoms with Crippen molar-refractivity contribution in [1.82, 2.24) is 5.32 Å². The van der Waals surface area contributed by atoms with E-state index in [9.17, 15) is 9.59 Å². The Labute approximate surface area is 90.9 Å². The molecule has 80 valence electrons. The molecule has 0 aromatic carbocycles. The molecule has 2 rings (SSSR count). The van der Waals surface area contributed by atoms with Crippen LogP contribution in [-0.4, -0.2) is 17.0 Å². The summed E-state index contributed by atoms with van der Waals surface area (Å²) in [5.74, 6) is -2.34. The summed E-state index contributed by atoms with van der Waals surface area (Å²) >= 11 is 1.67. The minimum Gasteiger partial charge on any atom is -0.474 e. The molecule has 0 fully saturated rings. The fraction of sp³-hybridized carbons (Fsp3) is 0.400. The molecule has 1 amide bonds. The average molecular weight is 225 g/mol. The molecule has 1 aliphatic rings. The second-order valence-corrected chi connectivity index (χ2v) is 4.52. The van der Waals surface area contributed by atoms with Crippen LogP contribution in [0.4, 0.5) is 0 Å². The van der Waals surface area contributed by atoms with Crippen molar-refractivity contribution >= 4 is 23.2 Å². The van der Waals surface area contributed by atoms with Crippen LogP contribution in [0.3, 0.4) is 0 Å². The Morgan fingerprint density at radius 1 is 1.53 bits per heavy atom. The van der Waals surface area contributed by atoms with Gasteiger partial charge in [0.15, 0.2) is 0 Å². The normalized spacial score (nSPS) is 19.3. The SMILES string of the molecule is O=C(O)C(=O)NC1CCCc2sccc21. The third kappa shape index (κ3) is 2.02. The number of carboxylic acid groups (broad SMARTS) is 1. The lowest BCUT2D eigenvalue weighted by Crippen LogP contribution is -2.35. The van der Waals surface area contributed by atoms with E-state index in [1.165, 1.54) is 4.88 Å². The van der Waals surface area contributed by atoms with Crippen molar-refractivity contribution in [3.63, 3.8) is 0 Å². The van der Waals surface area contributed by atoms with E-state index in [-0.39, 0.29) is 6.04 Å². The maximum Gasteiger partial charge on any atom is 0.394 e. The Balaban J connectivity index is 2.13. The third-order valence-electron chi connectivity index (χ3n) is 2.55. The Bertz CT molecular complexity index is 399. The first-order valence-corrected chi connectivity index (χ1v) is 5.66. The molecule has 0 saturated carbocycles. The van der Waals surface area contributed by atoms with Crippen LogP contribution in [0.1, 0.15) is 29.3 Å².